The molecule has 0 amide bonds. The van der Waals surface area contributed by atoms with Crippen molar-refractivity contribution in [2.45, 2.75) is 38.5 Å². The number of hydrogen-bond acceptors (Lipinski definition) is 2. The van der Waals surface area contributed by atoms with Gasteiger partial charge in [-0.05, 0) is 12.8 Å². The van der Waals surface area contributed by atoms with Crippen LogP contribution in [0.15, 0.2) is 0 Å². The number of carbonyl (C=O) groups is 1. The molecule has 0 bridgehead atoms. The Hall–Kier alpha value is -0.570. The molecule has 1 rings (SSSR count). The predicted molar refractivity (Wildman–Crippen MR) is 47.0 cm³/mol. The molecular formula is C9H18O3. The SMILES string of the molecule is CO.O=C(O)C1CCCCCC1. The molecule has 0 aromatic carbocycles. The molecule has 72 valence electrons. The average molecular weight is 174 g/mol. The fourth-order valence-electron chi connectivity index (χ4n) is 1.53. The van der Waals surface area contributed by atoms with Gasteiger partial charge in [0.2, 0.25) is 0 Å². The van der Waals surface area contributed by atoms with E-state index < -0.39 is 5.97 Å². The van der Waals surface area contributed by atoms with Crippen molar-refractivity contribution in [3.8, 4) is 0 Å². The molecule has 0 unspecified atom stereocenters. The largest absolute Gasteiger partial charge is 0.481 e. The molecule has 12 heavy (non-hydrogen) atoms. The van der Waals surface area contributed by atoms with Gasteiger partial charge in [0.05, 0.1) is 5.92 Å². The summed E-state index contributed by atoms with van der Waals surface area (Å²) in [5, 5.41) is 15.7. The van der Waals surface area contributed by atoms with Crippen molar-refractivity contribution in [2.75, 3.05) is 7.11 Å². The van der Waals surface area contributed by atoms with E-state index in [0.29, 0.717) is 0 Å². The Labute approximate surface area is 73.4 Å². The van der Waals surface area contributed by atoms with Crippen LogP contribution >= 0.6 is 0 Å². The van der Waals surface area contributed by atoms with Crippen molar-refractivity contribution in [1.82, 2.24) is 0 Å². The number of carboxylic acids is 1. The maximum Gasteiger partial charge on any atom is 0.306 e. The Morgan fingerprint density at radius 3 is 1.83 bits per heavy atom. The minimum atomic E-state index is -0.595. The van der Waals surface area contributed by atoms with Crippen LogP contribution in [0.4, 0.5) is 0 Å². The molecule has 0 radical (unpaired) electrons. The molecule has 0 aromatic rings. The molecule has 1 aliphatic carbocycles. The Kier molecular flexibility index (Phi) is 6.76. The molecule has 1 aliphatic rings. The van der Waals surface area contributed by atoms with Gasteiger partial charge in [0.15, 0.2) is 0 Å². The first kappa shape index (κ1) is 11.4. The first-order chi connectivity index (χ1) is 5.80. The Morgan fingerprint density at radius 2 is 1.50 bits per heavy atom. The zero-order valence-corrected chi connectivity index (χ0v) is 7.62. The molecule has 0 saturated heterocycles. The van der Waals surface area contributed by atoms with Crippen LogP contribution < -0.4 is 0 Å². The lowest BCUT2D eigenvalue weighted by molar-refractivity contribution is -0.142. The van der Waals surface area contributed by atoms with Gasteiger partial charge in [0.1, 0.15) is 0 Å². The third kappa shape index (κ3) is 4.34. The van der Waals surface area contributed by atoms with E-state index in [4.69, 9.17) is 10.2 Å². The number of rotatable bonds is 1. The topological polar surface area (TPSA) is 57.5 Å². The molecule has 2 N–H and O–H groups in total. The number of aliphatic hydroxyl groups is 1. The Balaban J connectivity index is 0.000000561. The predicted octanol–water partition coefficient (Wildman–Crippen LogP) is 1.65. The van der Waals surface area contributed by atoms with Gasteiger partial charge in [-0.1, -0.05) is 25.7 Å². The van der Waals surface area contributed by atoms with Crippen LogP contribution in [0.1, 0.15) is 38.5 Å². The van der Waals surface area contributed by atoms with Crippen molar-refractivity contribution >= 4 is 5.97 Å². The summed E-state index contributed by atoms with van der Waals surface area (Å²) < 4.78 is 0. The zero-order chi connectivity index (χ0) is 9.40. The minimum absolute atomic E-state index is 0.0394. The fraction of sp³-hybridized carbons (Fsp3) is 0.889. The average Bonchev–Trinajstić information content (AvgIpc) is 2.35. The van der Waals surface area contributed by atoms with Crippen LogP contribution in [0, 0.1) is 5.92 Å². The van der Waals surface area contributed by atoms with Crippen LogP contribution in [0.2, 0.25) is 0 Å². The summed E-state index contributed by atoms with van der Waals surface area (Å²) in [4.78, 5) is 10.5. The normalized spacial score (nSPS) is 18.8. The van der Waals surface area contributed by atoms with Gasteiger partial charge in [0.25, 0.3) is 0 Å². The second kappa shape index (κ2) is 7.10. The molecule has 0 atom stereocenters. The van der Waals surface area contributed by atoms with Gasteiger partial charge in [0, 0.05) is 7.11 Å². The van der Waals surface area contributed by atoms with E-state index in [9.17, 15) is 4.79 Å². The standard InChI is InChI=1S/C8H14O2.CH4O/c9-8(10)7-5-3-1-2-4-6-7;1-2/h7H,1-6H2,(H,9,10);2H,1H3. The highest BCUT2D eigenvalue weighted by atomic mass is 16.4. The molecule has 0 aromatic heterocycles. The van der Waals surface area contributed by atoms with Crippen LogP contribution in [0.25, 0.3) is 0 Å². The van der Waals surface area contributed by atoms with E-state index in [1.54, 1.807) is 0 Å². The highest BCUT2D eigenvalue weighted by molar-refractivity contribution is 5.69. The van der Waals surface area contributed by atoms with E-state index in [-0.39, 0.29) is 5.92 Å². The van der Waals surface area contributed by atoms with Gasteiger partial charge >= 0.3 is 5.97 Å². The molecule has 3 heteroatoms. The lowest BCUT2D eigenvalue weighted by atomic mass is 10.0. The number of aliphatic hydroxyl groups excluding tert-OH is 1. The maximum absolute atomic E-state index is 10.5. The quantitative estimate of drug-likeness (QED) is 0.594. The van der Waals surface area contributed by atoms with Crippen molar-refractivity contribution in [3.63, 3.8) is 0 Å². The summed E-state index contributed by atoms with van der Waals surface area (Å²) in [7, 11) is 1.00. The highest BCUT2D eigenvalue weighted by Crippen LogP contribution is 2.22. The first-order valence-electron chi connectivity index (χ1n) is 4.48. The summed E-state index contributed by atoms with van der Waals surface area (Å²) in [5.41, 5.74) is 0. The third-order valence-corrected chi connectivity index (χ3v) is 2.20. The summed E-state index contributed by atoms with van der Waals surface area (Å²) in [5.74, 6) is -0.635. The molecule has 1 fully saturated rings. The van der Waals surface area contributed by atoms with Crippen molar-refractivity contribution in [3.05, 3.63) is 0 Å². The highest BCUT2D eigenvalue weighted by Gasteiger charge is 2.18. The molecule has 0 aliphatic heterocycles. The van der Waals surface area contributed by atoms with Gasteiger partial charge in [-0.25, -0.2) is 0 Å². The van der Waals surface area contributed by atoms with Gasteiger partial charge in [-0.15, -0.1) is 0 Å². The van der Waals surface area contributed by atoms with Gasteiger partial charge in [-0.2, -0.15) is 0 Å². The van der Waals surface area contributed by atoms with Gasteiger partial charge < -0.3 is 10.2 Å². The summed E-state index contributed by atoms with van der Waals surface area (Å²) in [6.07, 6.45) is 6.46. The van der Waals surface area contributed by atoms with Crippen LogP contribution in [0.5, 0.6) is 0 Å². The van der Waals surface area contributed by atoms with E-state index in [2.05, 4.69) is 0 Å². The van der Waals surface area contributed by atoms with Gasteiger partial charge in [-0.3, -0.25) is 4.79 Å². The van der Waals surface area contributed by atoms with Crippen molar-refractivity contribution < 1.29 is 15.0 Å². The lowest BCUT2D eigenvalue weighted by Crippen LogP contribution is -2.11. The van der Waals surface area contributed by atoms with E-state index in [1.807, 2.05) is 0 Å². The number of hydrogen-bond donors (Lipinski definition) is 2. The Morgan fingerprint density at radius 1 is 1.08 bits per heavy atom. The van der Waals surface area contributed by atoms with E-state index >= 15 is 0 Å². The van der Waals surface area contributed by atoms with Crippen molar-refractivity contribution in [1.29, 1.82) is 0 Å². The molecule has 0 heterocycles. The second-order valence-electron chi connectivity index (χ2n) is 3.03. The summed E-state index contributed by atoms with van der Waals surface area (Å²) >= 11 is 0. The van der Waals surface area contributed by atoms with E-state index in [1.165, 1.54) is 12.8 Å². The first-order valence-corrected chi connectivity index (χ1v) is 4.48. The summed E-state index contributed by atoms with van der Waals surface area (Å²) in [6.45, 7) is 0. The van der Waals surface area contributed by atoms with Crippen LogP contribution in [-0.2, 0) is 4.79 Å². The minimum Gasteiger partial charge on any atom is -0.481 e. The molecule has 3 nitrogen and oxygen atoms in total. The smallest absolute Gasteiger partial charge is 0.306 e. The van der Waals surface area contributed by atoms with Crippen molar-refractivity contribution in [2.24, 2.45) is 5.92 Å². The lowest BCUT2D eigenvalue weighted by Gasteiger charge is -2.05. The third-order valence-electron chi connectivity index (χ3n) is 2.20. The monoisotopic (exact) mass is 174 g/mol. The second-order valence-corrected chi connectivity index (χ2v) is 3.03. The number of carboxylic acid groups (broad SMARTS) is 1. The maximum atomic E-state index is 10.5. The Bertz CT molecular complexity index is 115. The number of aliphatic carboxylic acids is 1. The molecule has 0 spiro atoms. The zero-order valence-electron chi connectivity index (χ0n) is 7.62. The van der Waals surface area contributed by atoms with Crippen LogP contribution in [0.3, 0.4) is 0 Å². The van der Waals surface area contributed by atoms with E-state index in [0.717, 1.165) is 32.8 Å². The molecular weight excluding hydrogens is 156 g/mol. The fourth-order valence-corrected chi connectivity index (χ4v) is 1.53. The van der Waals surface area contributed by atoms with Crippen LogP contribution in [-0.4, -0.2) is 23.3 Å². The molecule has 1 saturated carbocycles. The summed E-state index contributed by atoms with van der Waals surface area (Å²) in [6, 6.07) is 0.